The molecule has 0 saturated carbocycles. The maximum Gasteiger partial charge on any atom is 0.0320 e. The maximum absolute atomic E-state index is 5.73. The number of anilines is 1. The zero-order valence-corrected chi connectivity index (χ0v) is 10.1. The molecule has 0 bridgehead atoms. The molecular formula is C12H14BrN. The van der Waals surface area contributed by atoms with E-state index < -0.39 is 0 Å². The van der Waals surface area contributed by atoms with E-state index in [4.69, 9.17) is 5.73 Å². The average Bonchev–Trinajstić information content (AvgIpc) is 2.09. The van der Waals surface area contributed by atoms with Crippen LogP contribution in [-0.4, -0.2) is 5.33 Å². The van der Waals surface area contributed by atoms with Gasteiger partial charge in [0.15, 0.2) is 0 Å². The van der Waals surface area contributed by atoms with Gasteiger partial charge in [-0.25, -0.2) is 0 Å². The summed E-state index contributed by atoms with van der Waals surface area (Å²) in [4.78, 5) is 0. The van der Waals surface area contributed by atoms with Crippen LogP contribution < -0.4 is 5.73 Å². The fraction of sp³-hybridized carbons (Fsp3) is 0.333. The second-order valence-electron chi connectivity index (χ2n) is 3.27. The summed E-state index contributed by atoms with van der Waals surface area (Å²) in [6.45, 7) is 4.09. The first kappa shape index (κ1) is 11.1. The van der Waals surface area contributed by atoms with Gasteiger partial charge in [0.2, 0.25) is 0 Å². The van der Waals surface area contributed by atoms with Crippen molar-refractivity contribution in [1.29, 1.82) is 0 Å². The zero-order valence-electron chi connectivity index (χ0n) is 8.52. The number of aryl methyl sites for hydroxylation is 2. The summed E-state index contributed by atoms with van der Waals surface area (Å²) in [5, 5.41) is 0.924. The quantitative estimate of drug-likeness (QED) is 0.464. The highest BCUT2D eigenvalue weighted by atomic mass is 79.9. The van der Waals surface area contributed by atoms with Gasteiger partial charge in [-0.2, -0.15) is 0 Å². The summed E-state index contributed by atoms with van der Waals surface area (Å²) >= 11 is 3.35. The summed E-state index contributed by atoms with van der Waals surface area (Å²) in [5.74, 6) is 6.29. The predicted molar refractivity (Wildman–Crippen MR) is 65.6 cm³/mol. The van der Waals surface area contributed by atoms with Gasteiger partial charge in [0.05, 0.1) is 0 Å². The van der Waals surface area contributed by atoms with Crippen LogP contribution in [0.1, 0.15) is 23.1 Å². The van der Waals surface area contributed by atoms with Gasteiger partial charge in [-0.05, 0) is 37.1 Å². The molecule has 0 fully saturated rings. The minimum absolute atomic E-state index is 0.811. The van der Waals surface area contributed by atoms with Crippen molar-refractivity contribution in [2.24, 2.45) is 0 Å². The van der Waals surface area contributed by atoms with Gasteiger partial charge in [0.25, 0.3) is 0 Å². The van der Waals surface area contributed by atoms with E-state index in [2.05, 4.69) is 27.8 Å². The molecule has 0 aromatic heterocycles. The Morgan fingerprint density at radius 2 is 1.86 bits per heavy atom. The van der Waals surface area contributed by atoms with E-state index in [9.17, 15) is 0 Å². The third-order valence-electron chi connectivity index (χ3n) is 1.99. The molecule has 0 aliphatic heterocycles. The fourth-order valence-electron chi connectivity index (χ4n) is 1.39. The van der Waals surface area contributed by atoms with E-state index in [0.717, 1.165) is 34.1 Å². The monoisotopic (exact) mass is 251 g/mol. The largest absolute Gasteiger partial charge is 0.399 e. The first-order valence-electron chi connectivity index (χ1n) is 4.56. The van der Waals surface area contributed by atoms with Gasteiger partial charge in [-0.15, -0.1) is 0 Å². The Balaban J connectivity index is 3.04. The number of benzene rings is 1. The van der Waals surface area contributed by atoms with Crippen LogP contribution in [0.2, 0.25) is 0 Å². The molecule has 1 aromatic rings. The number of nitrogens with two attached hydrogens (primary N) is 1. The van der Waals surface area contributed by atoms with Crippen molar-refractivity contribution in [3.63, 3.8) is 0 Å². The normalized spacial score (nSPS) is 9.36. The van der Waals surface area contributed by atoms with Gasteiger partial charge in [-0.1, -0.05) is 27.8 Å². The Bertz CT molecular complexity index is 362. The summed E-state index contributed by atoms with van der Waals surface area (Å²) < 4.78 is 0. The molecule has 2 heteroatoms. The minimum atomic E-state index is 0.811. The number of rotatable bonds is 1. The molecule has 14 heavy (non-hydrogen) atoms. The Morgan fingerprint density at radius 3 is 2.36 bits per heavy atom. The lowest BCUT2D eigenvalue weighted by Crippen LogP contribution is -1.92. The standard InChI is InChI=1S/C12H14BrN/c1-9-7-11(14)8-10(2)12(9)5-3-4-6-13/h7-8H,4,6,14H2,1-2H3. The first-order valence-corrected chi connectivity index (χ1v) is 5.69. The van der Waals surface area contributed by atoms with Crippen molar-refractivity contribution in [3.8, 4) is 11.8 Å². The van der Waals surface area contributed by atoms with Crippen LogP contribution in [0.3, 0.4) is 0 Å². The van der Waals surface area contributed by atoms with Crippen LogP contribution in [0, 0.1) is 25.7 Å². The van der Waals surface area contributed by atoms with Crippen molar-refractivity contribution in [1.82, 2.24) is 0 Å². The van der Waals surface area contributed by atoms with Crippen molar-refractivity contribution in [2.45, 2.75) is 20.3 Å². The van der Waals surface area contributed by atoms with Crippen molar-refractivity contribution in [2.75, 3.05) is 11.1 Å². The molecule has 1 aromatic carbocycles. The Morgan fingerprint density at radius 1 is 1.29 bits per heavy atom. The molecule has 0 amide bonds. The second kappa shape index (κ2) is 5.07. The van der Waals surface area contributed by atoms with Crippen LogP contribution in [0.5, 0.6) is 0 Å². The number of hydrogen-bond donors (Lipinski definition) is 1. The molecule has 0 radical (unpaired) electrons. The number of alkyl halides is 1. The molecule has 0 unspecified atom stereocenters. The summed E-state index contributed by atoms with van der Waals surface area (Å²) in [6.07, 6.45) is 0.878. The van der Waals surface area contributed by atoms with E-state index in [1.807, 2.05) is 26.0 Å². The van der Waals surface area contributed by atoms with Gasteiger partial charge in [0.1, 0.15) is 0 Å². The van der Waals surface area contributed by atoms with Crippen LogP contribution >= 0.6 is 15.9 Å². The third kappa shape index (κ3) is 2.78. The smallest absolute Gasteiger partial charge is 0.0320 e. The van der Waals surface area contributed by atoms with Crippen molar-refractivity contribution < 1.29 is 0 Å². The highest BCUT2D eigenvalue weighted by Gasteiger charge is 2.00. The SMILES string of the molecule is Cc1cc(N)cc(C)c1C#CCCBr. The first-order chi connectivity index (χ1) is 6.65. The Hall–Kier alpha value is -0.940. The molecule has 1 rings (SSSR count). The number of hydrogen-bond acceptors (Lipinski definition) is 1. The summed E-state index contributed by atoms with van der Waals surface area (Å²) in [6, 6.07) is 3.93. The lowest BCUT2D eigenvalue weighted by molar-refractivity contribution is 1.31. The molecular weight excluding hydrogens is 238 g/mol. The molecule has 0 spiro atoms. The predicted octanol–water partition coefficient (Wildman–Crippen LogP) is 3.02. The van der Waals surface area contributed by atoms with Gasteiger partial charge in [0, 0.05) is 23.0 Å². The van der Waals surface area contributed by atoms with Crippen LogP contribution in [0.15, 0.2) is 12.1 Å². The third-order valence-corrected chi connectivity index (χ3v) is 2.38. The van der Waals surface area contributed by atoms with E-state index >= 15 is 0 Å². The Labute approximate surface area is 93.8 Å². The molecule has 0 atom stereocenters. The van der Waals surface area contributed by atoms with Crippen LogP contribution in [0.4, 0.5) is 5.69 Å². The summed E-state index contributed by atoms with van der Waals surface area (Å²) in [5.41, 5.74) is 9.96. The molecule has 0 heterocycles. The highest BCUT2D eigenvalue weighted by Crippen LogP contribution is 2.16. The Kier molecular flexibility index (Phi) is 4.03. The topological polar surface area (TPSA) is 26.0 Å². The average molecular weight is 252 g/mol. The van der Waals surface area contributed by atoms with Gasteiger partial charge >= 0.3 is 0 Å². The lowest BCUT2D eigenvalue weighted by atomic mass is 10.0. The zero-order chi connectivity index (χ0) is 10.6. The van der Waals surface area contributed by atoms with E-state index in [1.54, 1.807) is 0 Å². The highest BCUT2D eigenvalue weighted by molar-refractivity contribution is 9.09. The van der Waals surface area contributed by atoms with E-state index in [1.165, 1.54) is 0 Å². The number of nitrogen functional groups attached to an aromatic ring is 1. The fourth-order valence-corrected chi connectivity index (χ4v) is 1.59. The number of halogens is 1. The van der Waals surface area contributed by atoms with E-state index in [0.29, 0.717) is 0 Å². The molecule has 0 aliphatic rings. The van der Waals surface area contributed by atoms with E-state index in [-0.39, 0.29) is 0 Å². The minimum Gasteiger partial charge on any atom is -0.399 e. The lowest BCUT2D eigenvalue weighted by Gasteiger charge is -2.04. The molecule has 1 nitrogen and oxygen atoms in total. The molecule has 0 aliphatic carbocycles. The maximum atomic E-state index is 5.73. The van der Waals surface area contributed by atoms with Gasteiger partial charge in [-0.3, -0.25) is 0 Å². The molecule has 0 saturated heterocycles. The van der Waals surface area contributed by atoms with Crippen molar-refractivity contribution >= 4 is 21.6 Å². The summed E-state index contributed by atoms with van der Waals surface area (Å²) in [7, 11) is 0. The van der Waals surface area contributed by atoms with Crippen LogP contribution in [0.25, 0.3) is 0 Å². The molecule has 74 valence electrons. The van der Waals surface area contributed by atoms with Crippen molar-refractivity contribution in [3.05, 3.63) is 28.8 Å². The van der Waals surface area contributed by atoms with Crippen LogP contribution in [-0.2, 0) is 0 Å². The van der Waals surface area contributed by atoms with Gasteiger partial charge < -0.3 is 5.73 Å². The molecule has 2 N–H and O–H groups in total. The second-order valence-corrected chi connectivity index (χ2v) is 4.06.